The summed E-state index contributed by atoms with van der Waals surface area (Å²) in [5.74, 6) is -1.86. The van der Waals surface area contributed by atoms with E-state index in [1.54, 1.807) is 30.3 Å². The molecule has 0 aromatic heterocycles. The molecular formula is C19H13ClN2O5S. The molecule has 0 saturated carbocycles. The Morgan fingerprint density at radius 1 is 1.11 bits per heavy atom. The fourth-order valence-electron chi connectivity index (χ4n) is 2.43. The number of carbonyl (C=O) groups excluding carboxylic acids is 2. The first kappa shape index (κ1) is 19.5. The summed E-state index contributed by atoms with van der Waals surface area (Å²) in [5.41, 5.74) is 1.22. The summed E-state index contributed by atoms with van der Waals surface area (Å²) in [7, 11) is 0. The Labute approximate surface area is 170 Å². The molecule has 0 unspecified atom stereocenters. The largest absolute Gasteiger partial charge is 0.488 e. The molecule has 0 atom stereocenters. The highest BCUT2D eigenvalue weighted by atomic mass is 35.5. The van der Waals surface area contributed by atoms with Gasteiger partial charge < -0.3 is 9.84 Å². The molecule has 1 fully saturated rings. The lowest BCUT2D eigenvalue weighted by Crippen LogP contribution is -2.51. The van der Waals surface area contributed by atoms with Crippen molar-refractivity contribution in [3.63, 3.8) is 0 Å². The minimum absolute atomic E-state index is 0.0560. The Kier molecular flexibility index (Phi) is 5.72. The molecule has 3 rings (SSSR count). The third-order valence-electron chi connectivity index (χ3n) is 3.81. The van der Waals surface area contributed by atoms with E-state index in [0.29, 0.717) is 16.3 Å². The molecule has 2 aromatic rings. The molecule has 142 valence electrons. The summed E-state index contributed by atoms with van der Waals surface area (Å²) in [4.78, 5) is 35.0. The van der Waals surface area contributed by atoms with E-state index in [4.69, 9.17) is 33.7 Å². The lowest BCUT2D eigenvalue weighted by atomic mass is 10.1. The van der Waals surface area contributed by atoms with Gasteiger partial charge >= 0.3 is 5.97 Å². The number of amides is 2. The number of thiocarbonyl (C=S) groups is 1. The molecular weight excluding hydrogens is 404 g/mol. The SMILES string of the molecule is O=C1NC(=S)NC(=O)C1=Cc1cc(Cl)ccc1OCc1ccc(C(=O)O)cc1. The molecule has 1 heterocycles. The zero-order valence-electron chi connectivity index (χ0n) is 14.2. The van der Waals surface area contributed by atoms with Crippen LogP contribution in [0.3, 0.4) is 0 Å². The number of nitrogens with one attached hydrogen (secondary N) is 2. The van der Waals surface area contributed by atoms with E-state index in [1.165, 1.54) is 18.2 Å². The van der Waals surface area contributed by atoms with E-state index < -0.39 is 17.8 Å². The Balaban J connectivity index is 1.84. The number of aromatic carboxylic acids is 1. The van der Waals surface area contributed by atoms with Crippen LogP contribution in [0.2, 0.25) is 5.02 Å². The van der Waals surface area contributed by atoms with E-state index in [0.717, 1.165) is 5.56 Å². The zero-order valence-corrected chi connectivity index (χ0v) is 15.8. The summed E-state index contributed by atoms with van der Waals surface area (Å²) in [6, 6.07) is 11.0. The third-order valence-corrected chi connectivity index (χ3v) is 4.25. The van der Waals surface area contributed by atoms with E-state index in [9.17, 15) is 14.4 Å². The van der Waals surface area contributed by atoms with Gasteiger partial charge in [-0.15, -0.1) is 0 Å². The van der Waals surface area contributed by atoms with Crippen molar-refractivity contribution in [1.82, 2.24) is 10.6 Å². The Hall–Kier alpha value is -3.23. The van der Waals surface area contributed by atoms with Crippen molar-refractivity contribution < 1.29 is 24.2 Å². The monoisotopic (exact) mass is 416 g/mol. The van der Waals surface area contributed by atoms with Crippen molar-refractivity contribution in [2.75, 3.05) is 0 Å². The summed E-state index contributed by atoms with van der Waals surface area (Å²) in [5, 5.41) is 14.0. The van der Waals surface area contributed by atoms with E-state index in [-0.39, 0.29) is 22.9 Å². The van der Waals surface area contributed by atoms with E-state index in [2.05, 4.69) is 10.6 Å². The van der Waals surface area contributed by atoms with Gasteiger partial charge in [-0.3, -0.25) is 20.2 Å². The summed E-state index contributed by atoms with van der Waals surface area (Å²) in [6.07, 6.45) is 1.36. The van der Waals surface area contributed by atoms with Gasteiger partial charge in [0.2, 0.25) is 0 Å². The van der Waals surface area contributed by atoms with Crippen LogP contribution in [-0.4, -0.2) is 28.0 Å². The highest BCUT2D eigenvalue weighted by Crippen LogP contribution is 2.26. The van der Waals surface area contributed by atoms with Crippen LogP contribution in [0.4, 0.5) is 0 Å². The molecule has 7 nitrogen and oxygen atoms in total. The fraction of sp³-hybridized carbons (Fsp3) is 0.0526. The average molecular weight is 417 g/mol. The Bertz CT molecular complexity index is 995. The minimum Gasteiger partial charge on any atom is -0.488 e. The van der Waals surface area contributed by atoms with Crippen molar-refractivity contribution in [2.24, 2.45) is 0 Å². The van der Waals surface area contributed by atoms with Gasteiger partial charge in [-0.05, 0) is 54.2 Å². The zero-order chi connectivity index (χ0) is 20.3. The van der Waals surface area contributed by atoms with Gasteiger partial charge in [-0.25, -0.2) is 4.79 Å². The Morgan fingerprint density at radius 3 is 2.36 bits per heavy atom. The van der Waals surface area contributed by atoms with E-state index in [1.807, 2.05) is 0 Å². The molecule has 3 N–H and O–H groups in total. The normalized spacial score (nSPS) is 13.6. The van der Waals surface area contributed by atoms with Crippen molar-refractivity contribution in [2.45, 2.75) is 6.61 Å². The molecule has 0 spiro atoms. The van der Waals surface area contributed by atoms with Gasteiger partial charge in [0.05, 0.1) is 5.56 Å². The predicted molar refractivity (Wildman–Crippen MR) is 106 cm³/mol. The van der Waals surface area contributed by atoms with Gasteiger partial charge in [-0.2, -0.15) is 0 Å². The van der Waals surface area contributed by atoms with Crippen LogP contribution >= 0.6 is 23.8 Å². The number of benzene rings is 2. The van der Waals surface area contributed by atoms with Gasteiger partial charge in [0.15, 0.2) is 5.11 Å². The lowest BCUT2D eigenvalue weighted by molar-refractivity contribution is -0.123. The molecule has 0 bridgehead atoms. The maximum absolute atomic E-state index is 12.0. The number of carboxylic acid groups (broad SMARTS) is 1. The fourth-order valence-corrected chi connectivity index (χ4v) is 2.80. The molecule has 9 heteroatoms. The highest BCUT2D eigenvalue weighted by molar-refractivity contribution is 7.80. The molecule has 2 aromatic carbocycles. The van der Waals surface area contributed by atoms with Crippen LogP contribution in [0, 0.1) is 0 Å². The number of carboxylic acids is 1. The van der Waals surface area contributed by atoms with Gasteiger partial charge in [-0.1, -0.05) is 23.7 Å². The molecule has 28 heavy (non-hydrogen) atoms. The van der Waals surface area contributed by atoms with E-state index >= 15 is 0 Å². The number of hydrogen-bond acceptors (Lipinski definition) is 5. The Morgan fingerprint density at radius 2 is 1.75 bits per heavy atom. The second kappa shape index (κ2) is 8.20. The lowest BCUT2D eigenvalue weighted by Gasteiger charge is -2.17. The number of carbonyl (C=O) groups is 3. The van der Waals surface area contributed by atoms with Crippen molar-refractivity contribution in [1.29, 1.82) is 0 Å². The van der Waals surface area contributed by atoms with Crippen molar-refractivity contribution in [3.05, 3.63) is 69.8 Å². The first-order chi connectivity index (χ1) is 13.3. The summed E-state index contributed by atoms with van der Waals surface area (Å²) in [6.45, 7) is 0.153. The van der Waals surface area contributed by atoms with Crippen LogP contribution in [-0.2, 0) is 16.2 Å². The number of halogens is 1. The topological polar surface area (TPSA) is 105 Å². The molecule has 1 aliphatic heterocycles. The summed E-state index contributed by atoms with van der Waals surface area (Å²) < 4.78 is 5.77. The van der Waals surface area contributed by atoms with Gasteiger partial charge in [0.25, 0.3) is 11.8 Å². The molecule has 0 aliphatic carbocycles. The number of ether oxygens (including phenoxy) is 1. The van der Waals surface area contributed by atoms with Gasteiger partial charge in [0.1, 0.15) is 17.9 Å². The third kappa shape index (κ3) is 4.54. The smallest absolute Gasteiger partial charge is 0.335 e. The predicted octanol–water partition coefficient (Wildman–Crippen LogP) is 2.53. The van der Waals surface area contributed by atoms with Crippen LogP contribution in [0.15, 0.2) is 48.0 Å². The second-order valence-corrected chi connectivity index (χ2v) is 6.61. The maximum Gasteiger partial charge on any atom is 0.335 e. The number of rotatable bonds is 5. The molecule has 2 amide bonds. The molecule has 0 radical (unpaired) electrons. The van der Waals surface area contributed by atoms with Crippen molar-refractivity contribution in [3.8, 4) is 5.75 Å². The van der Waals surface area contributed by atoms with Gasteiger partial charge in [0, 0.05) is 10.6 Å². The maximum atomic E-state index is 12.0. The first-order valence-electron chi connectivity index (χ1n) is 7.96. The summed E-state index contributed by atoms with van der Waals surface area (Å²) >= 11 is 10.8. The number of hydrogen-bond donors (Lipinski definition) is 3. The molecule has 1 aliphatic rings. The van der Waals surface area contributed by atoms with Crippen molar-refractivity contribution >= 4 is 52.8 Å². The second-order valence-electron chi connectivity index (χ2n) is 5.77. The van der Waals surface area contributed by atoms with Crippen LogP contribution in [0.25, 0.3) is 6.08 Å². The average Bonchev–Trinajstić information content (AvgIpc) is 2.64. The van der Waals surface area contributed by atoms with Crippen LogP contribution in [0.1, 0.15) is 21.5 Å². The molecule has 1 saturated heterocycles. The minimum atomic E-state index is -1.01. The van der Waals surface area contributed by atoms with Crippen LogP contribution < -0.4 is 15.4 Å². The quantitative estimate of drug-likeness (QED) is 0.393. The first-order valence-corrected chi connectivity index (χ1v) is 8.75. The highest BCUT2D eigenvalue weighted by Gasteiger charge is 2.26. The standard InChI is InChI=1S/C19H13ClN2O5S/c20-13-5-6-15(27-9-10-1-3-11(4-2-10)18(25)26)12(7-13)8-14-16(23)21-19(28)22-17(14)24/h1-8H,9H2,(H,25,26)(H2,21,22,23,24,28). The van der Waals surface area contributed by atoms with Crippen LogP contribution in [0.5, 0.6) is 5.75 Å².